The van der Waals surface area contributed by atoms with Crippen LogP contribution >= 0.6 is 0 Å². The summed E-state index contributed by atoms with van der Waals surface area (Å²) >= 11 is 0. The van der Waals surface area contributed by atoms with Gasteiger partial charge in [-0.15, -0.1) is 0 Å². The molecule has 1 aliphatic heterocycles. The predicted octanol–water partition coefficient (Wildman–Crippen LogP) is 0.590. The second kappa shape index (κ2) is 4.69. The zero-order valence-corrected chi connectivity index (χ0v) is 7.43. The van der Waals surface area contributed by atoms with E-state index in [2.05, 4.69) is 20.1 Å². The van der Waals surface area contributed by atoms with Crippen molar-refractivity contribution in [2.75, 3.05) is 13.7 Å². The van der Waals surface area contributed by atoms with Crippen molar-refractivity contribution in [1.82, 2.24) is 5.32 Å². The molecule has 13 heavy (non-hydrogen) atoms. The summed E-state index contributed by atoms with van der Waals surface area (Å²) in [7, 11) is 1.35. The van der Waals surface area contributed by atoms with Crippen molar-refractivity contribution >= 4 is 5.97 Å². The quantitative estimate of drug-likeness (QED) is 0.295. The lowest BCUT2D eigenvalue weighted by Gasteiger charge is -2.25. The van der Waals surface area contributed by atoms with E-state index >= 15 is 0 Å². The summed E-state index contributed by atoms with van der Waals surface area (Å²) < 4.78 is 4.58. The Labute approximate surface area is 75.9 Å². The Hall–Kier alpha value is -1.26. The van der Waals surface area contributed by atoms with Gasteiger partial charge < -0.3 is 10.1 Å². The largest absolute Gasteiger partial charge is 0.468 e. The van der Waals surface area contributed by atoms with Crippen LogP contribution in [0.1, 0.15) is 12.8 Å². The number of carbonyl (C=O) groups is 1. The van der Waals surface area contributed by atoms with Crippen molar-refractivity contribution in [3.63, 3.8) is 0 Å². The van der Waals surface area contributed by atoms with Crippen LogP contribution < -0.4 is 5.32 Å². The fourth-order valence-electron chi connectivity index (χ4n) is 1.40. The summed E-state index contributed by atoms with van der Waals surface area (Å²) in [6.07, 6.45) is 1.30. The van der Waals surface area contributed by atoms with E-state index in [-0.39, 0.29) is 18.1 Å². The topological polar surface area (TPSA) is 87.1 Å². The number of piperidine rings is 1. The summed E-state index contributed by atoms with van der Waals surface area (Å²) in [5, 5.41) is 6.58. The Kier molecular flexibility index (Phi) is 3.54. The van der Waals surface area contributed by atoms with Gasteiger partial charge in [0.05, 0.1) is 7.11 Å². The third kappa shape index (κ3) is 2.61. The molecule has 0 aromatic rings. The molecule has 1 fully saturated rings. The van der Waals surface area contributed by atoms with Gasteiger partial charge in [-0.25, -0.2) is 0 Å². The first-order valence-corrected chi connectivity index (χ1v) is 4.13. The molecule has 0 radical (unpaired) electrons. The van der Waals surface area contributed by atoms with Crippen molar-refractivity contribution in [1.29, 1.82) is 0 Å². The lowest BCUT2D eigenvalue weighted by Crippen LogP contribution is -2.45. The molecule has 72 valence electrons. The average Bonchev–Trinajstić information content (AvgIpc) is 2.18. The van der Waals surface area contributed by atoms with Gasteiger partial charge in [0.15, 0.2) is 0 Å². The molecule has 6 nitrogen and oxygen atoms in total. The first-order chi connectivity index (χ1) is 6.27. The van der Waals surface area contributed by atoms with Crippen molar-refractivity contribution < 1.29 is 9.53 Å². The first-order valence-electron chi connectivity index (χ1n) is 4.13. The second-order valence-corrected chi connectivity index (χ2v) is 2.91. The fourth-order valence-corrected chi connectivity index (χ4v) is 1.40. The van der Waals surface area contributed by atoms with Crippen LogP contribution in [0.15, 0.2) is 5.11 Å². The molecule has 1 saturated heterocycles. The van der Waals surface area contributed by atoms with Gasteiger partial charge in [0, 0.05) is 11.0 Å². The van der Waals surface area contributed by atoms with Crippen LogP contribution in [0.25, 0.3) is 10.4 Å². The summed E-state index contributed by atoms with van der Waals surface area (Å²) in [6, 6.07) is -0.412. The molecule has 1 rings (SSSR count). The molecule has 6 heteroatoms. The van der Waals surface area contributed by atoms with E-state index in [1.807, 2.05) is 0 Å². The number of hydrogen-bond acceptors (Lipinski definition) is 4. The Morgan fingerprint density at radius 3 is 3.15 bits per heavy atom. The number of rotatable bonds is 2. The molecule has 0 spiro atoms. The standard InChI is InChI=1S/C7H12N4O2/c1-13-7(12)6-4-5(10-11-8)2-3-9-6/h5-6,9H,2-4H2,1H3/t5-,6+/m1/s1. The van der Waals surface area contributed by atoms with E-state index in [0.717, 1.165) is 6.42 Å². The molecule has 0 aromatic carbocycles. The maximum Gasteiger partial charge on any atom is 0.322 e. The van der Waals surface area contributed by atoms with Crippen LogP contribution in [0.5, 0.6) is 0 Å². The molecule has 0 bridgehead atoms. The minimum absolute atomic E-state index is 0.0876. The normalized spacial score (nSPS) is 27.5. The molecule has 0 aliphatic carbocycles. The molecule has 0 saturated carbocycles. The monoisotopic (exact) mass is 184 g/mol. The Morgan fingerprint density at radius 2 is 2.54 bits per heavy atom. The number of ether oxygens (including phenoxy) is 1. The summed E-state index contributed by atoms with van der Waals surface area (Å²) in [4.78, 5) is 13.8. The third-order valence-corrected chi connectivity index (χ3v) is 2.08. The number of carbonyl (C=O) groups excluding carboxylic acids is 1. The summed E-state index contributed by atoms with van der Waals surface area (Å²) in [6.45, 7) is 0.684. The highest BCUT2D eigenvalue weighted by Gasteiger charge is 2.26. The van der Waals surface area contributed by atoms with Crippen LogP contribution in [0, 0.1) is 0 Å². The Bertz CT molecular complexity index is 237. The number of methoxy groups -OCH3 is 1. The maximum absolute atomic E-state index is 11.1. The van der Waals surface area contributed by atoms with E-state index in [9.17, 15) is 4.79 Å². The van der Waals surface area contributed by atoms with Gasteiger partial charge in [-0.2, -0.15) is 0 Å². The van der Waals surface area contributed by atoms with Gasteiger partial charge in [-0.05, 0) is 24.9 Å². The number of hydrogen-bond donors (Lipinski definition) is 1. The van der Waals surface area contributed by atoms with Gasteiger partial charge in [0.25, 0.3) is 0 Å². The highest BCUT2D eigenvalue weighted by atomic mass is 16.5. The minimum atomic E-state index is -0.325. The van der Waals surface area contributed by atoms with Crippen LogP contribution in [0.3, 0.4) is 0 Å². The van der Waals surface area contributed by atoms with E-state index in [1.165, 1.54) is 7.11 Å². The van der Waals surface area contributed by atoms with Gasteiger partial charge >= 0.3 is 5.97 Å². The summed E-state index contributed by atoms with van der Waals surface area (Å²) in [5.74, 6) is -0.294. The SMILES string of the molecule is COC(=O)[C@@H]1C[C@H](N=[N+]=[N-])CCN1. The Morgan fingerprint density at radius 1 is 1.77 bits per heavy atom. The minimum Gasteiger partial charge on any atom is -0.468 e. The van der Waals surface area contributed by atoms with E-state index in [4.69, 9.17) is 5.53 Å². The molecule has 1 aliphatic rings. The Balaban J connectivity index is 2.50. The van der Waals surface area contributed by atoms with Crippen molar-refractivity contribution in [2.24, 2.45) is 5.11 Å². The van der Waals surface area contributed by atoms with E-state index in [1.54, 1.807) is 0 Å². The van der Waals surface area contributed by atoms with Crippen LogP contribution in [0.2, 0.25) is 0 Å². The van der Waals surface area contributed by atoms with Crippen molar-refractivity contribution in [3.8, 4) is 0 Å². The van der Waals surface area contributed by atoms with Gasteiger partial charge in [0.2, 0.25) is 0 Å². The molecule has 0 unspecified atom stereocenters. The smallest absolute Gasteiger partial charge is 0.322 e. The average molecular weight is 184 g/mol. The van der Waals surface area contributed by atoms with Crippen LogP contribution in [-0.4, -0.2) is 31.7 Å². The van der Waals surface area contributed by atoms with E-state index in [0.29, 0.717) is 13.0 Å². The highest BCUT2D eigenvalue weighted by Crippen LogP contribution is 2.13. The molecular weight excluding hydrogens is 172 g/mol. The lowest BCUT2D eigenvalue weighted by atomic mass is 10.0. The molecule has 2 atom stereocenters. The van der Waals surface area contributed by atoms with Crippen LogP contribution in [0.4, 0.5) is 0 Å². The third-order valence-electron chi connectivity index (χ3n) is 2.08. The number of esters is 1. The molecule has 1 heterocycles. The molecule has 0 amide bonds. The second-order valence-electron chi connectivity index (χ2n) is 2.91. The van der Waals surface area contributed by atoms with E-state index < -0.39 is 0 Å². The molecular formula is C7H12N4O2. The first kappa shape index (κ1) is 9.83. The van der Waals surface area contributed by atoms with Gasteiger partial charge in [-0.3, -0.25) is 4.79 Å². The number of nitrogens with zero attached hydrogens (tertiary/aromatic N) is 3. The fraction of sp³-hybridized carbons (Fsp3) is 0.857. The number of azide groups is 1. The summed E-state index contributed by atoms with van der Waals surface area (Å²) in [5.41, 5.74) is 8.22. The maximum atomic E-state index is 11.1. The zero-order chi connectivity index (χ0) is 9.68. The molecule has 1 N–H and O–H groups in total. The van der Waals surface area contributed by atoms with Crippen molar-refractivity contribution in [3.05, 3.63) is 10.4 Å². The zero-order valence-electron chi connectivity index (χ0n) is 7.43. The lowest BCUT2D eigenvalue weighted by molar-refractivity contribution is -0.143. The highest BCUT2D eigenvalue weighted by molar-refractivity contribution is 5.75. The number of nitrogens with one attached hydrogen (secondary N) is 1. The predicted molar refractivity (Wildman–Crippen MR) is 46.0 cm³/mol. The van der Waals surface area contributed by atoms with Gasteiger partial charge in [-0.1, -0.05) is 5.11 Å². The van der Waals surface area contributed by atoms with Crippen LogP contribution in [-0.2, 0) is 9.53 Å². The van der Waals surface area contributed by atoms with Crippen molar-refractivity contribution in [2.45, 2.75) is 24.9 Å². The van der Waals surface area contributed by atoms with Gasteiger partial charge in [0.1, 0.15) is 6.04 Å². The molecule has 0 aromatic heterocycles.